The zero-order chi connectivity index (χ0) is 35.2. The smallest absolute Gasteiger partial charge is 0.130 e. The Balaban J connectivity index is 0.000000186. The van der Waals surface area contributed by atoms with Gasteiger partial charge in [0.15, 0.2) is 0 Å². The quantitative estimate of drug-likeness (QED) is 0.212. The van der Waals surface area contributed by atoms with E-state index >= 15 is 0 Å². The number of nitrogens with one attached hydrogen (secondary N) is 2. The number of aryl methyl sites for hydroxylation is 2. The van der Waals surface area contributed by atoms with E-state index in [9.17, 15) is 19.8 Å². The number of rotatable bonds is 12. The van der Waals surface area contributed by atoms with Crippen molar-refractivity contribution in [3.63, 3.8) is 0 Å². The summed E-state index contributed by atoms with van der Waals surface area (Å²) >= 11 is 0. The first kappa shape index (κ1) is 37.8. The van der Waals surface area contributed by atoms with Crippen LogP contribution in [-0.4, -0.2) is 63.5 Å². The van der Waals surface area contributed by atoms with Crippen LogP contribution >= 0.6 is 0 Å². The molecular weight excluding hydrogens is 636 g/mol. The summed E-state index contributed by atoms with van der Waals surface area (Å²) in [7, 11) is 0. The average molecular weight is 681 g/mol. The average Bonchev–Trinajstić information content (AvgIpc) is 3.15. The Bertz CT molecular complexity index is 1470. The number of carboxylic acids is 2. The molecule has 0 saturated carbocycles. The van der Waals surface area contributed by atoms with Crippen molar-refractivity contribution in [2.24, 2.45) is 0 Å². The molecule has 0 aromatic heterocycles. The highest BCUT2D eigenvalue weighted by atomic mass is 16.5. The zero-order valence-corrected chi connectivity index (χ0v) is 28.0. The SMILES string of the molecule is O=C([O-])/C=C\C(=O)[O-].c1ccc(Oc2ccccc2CCC2CNCCO2)cc1.c1ccc(Oc2ccccc2CCC2CNCCO2)cc1. The van der Waals surface area contributed by atoms with E-state index in [0.29, 0.717) is 24.4 Å². The van der Waals surface area contributed by atoms with Gasteiger partial charge in [-0.25, -0.2) is 0 Å². The van der Waals surface area contributed by atoms with Crippen LogP contribution in [0.25, 0.3) is 0 Å². The minimum atomic E-state index is -1.55. The van der Waals surface area contributed by atoms with Gasteiger partial charge in [0.1, 0.15) is 23.0 Å². The molecule has 4 aromatic rings. The molecule has 6 rings (SSSR count). The third-order valence-electron chi connectivity index (χ3n) is 7.72. The highest BCUT2D eigenvalue weighted by molar-refractivity contribution is 5.87. The molecule has 2 saturated heterocycles. The van der Waals surface area contributed by atoms with Gasteiger partial charge in [-0.2, -0.15) is 0 Å². The van der Waals surface area contributed by atoms with Crippen LogP contribution in [0.15, 0.2) is 121 Å². The lowest BCUT2D eigenvalue weighted by atomic mass is 10.1. The summed E-state index contributed by atoms with van der Waals surface area (Å²) < 4.78 is 23.5. The number of morpholine rings is 2. The fraction of sp³-hybridized carbons (Fsp3) is 0.300. The highest BCUT2D eigenvalue weighted by Gasteiger charge is 2.15. The monoisotopic (exact) mass is 680 g/mol. The van der Waals surface area contributed by atoms with Gasteiger partial charge >= 0.3 is 0 Å². The van der Waals surface area contributed by atoms with Crippen LogP contribution in [0.5, 0.6) is 23.0 Å². The second-order valence-corrected chi connectivity index (χ2v) is 11.5. The molecule has 10 heteroatoms. The Morgan fingerprint density at radius 3 is 1.34 bits per heavy atom. The maximum Gasteiger partial charge on any atom is 0.130 e. The number of benzene rings is 4. The summed E-state index contributed by atoms with van der Waals surface area (Å²) in [5, 5.41) is 25.6. The van der Waals surface area contributed by atoms with Crippen molar-refractivity contribution < 1.29 is 38.7 Å². The molecule has 264 valence electrons. The summed E-state index contributed by atoms with van der Waals surface area (Å²) in [5.41, 5.74) is 2.46. The number of hydrogen-bond acceptors (Lipinski definition) is 10. The van der Waals surface area contributed by atoms with Crippen LogP contribution in [0, 0.1) is 0 Å². The van der Waals surface area contributed by atoms with Gasteiger partial charge in [0.05, 0.1) is 37.4 Å². The van der Waals surface area contributed by atoms with Crippen molar-refractivity contribution in [1.82, 2.24) is 10.6 Å². The number of hydrogen-bond donors (Lipinski definition) is 2. The van der Waals surface area contributed by atoms with Gasteiger partial charge in [-0.3, -0.25) is 0 Å². The van der Waals surface area contributed by atoms with E-state index in [1.807, 2.05) is 84.9 Å². The largest absolute Gasteiger partial charge is 0.545 e. The normalized spacial score (nSPS) is 17.0. The maximum absolute atomic E-state index is 9.41. The minimum Gasteiger partial charge on any atom is -0.545 e. The molecule has 50 heavy (non-hydrogen) atoms. The van der Waals surface area contributed by atoms with Gasteiger partial charge in [-0.15, -0.1) is 0 Å². The van der Waals surface area contributed by atoms with E-state index in [4.69, 9.17) is 18.9 Å². The molecule has 0 aliphatic carbocycles. The van der Waals surface area contributed by atoms with E-state index in [-0.39, 0.29) is 0 Å². The second kappa shape index (κ2) is 21.9. The van der Waals surface area contributed by atoms with E-state index in [1.54, 1.807) is 0 Å². The van der Waals surface area contributed by atoms with Crippen LogP contribution in [0.2, 0.25) is 0 Å². The number of carbonyl (C=O) groups is 2. The lowest BCUT2D eigenvalue weighted by Gasteiger charge is -2.23. The first-order valence-corrected chi connectivity index (χ1v) is 16.8. The summed E-state index contributed by atoms with van der Waals surface area (Å²) in [6, 6.07) is 36.3. The molecular formula is C40H44N2O8-2. The van der Waals surface area contributed by atoms with Gasteiger partial charge in [0.2, 0.25) is 0 Å². The maximum atomic E-state index is 9.41. The van der Waals surface area contributed by atoms with Crippen LogP contribution in [0.1, 0.15) is 24.0 Å². The van der Waals surface area contributed by atoms with Crippen molar-refractivity contribution in [2.75, 3.05) is 39.4 Å². The number of ether oxygens (including phenoxy) is 4. The Labute approximate surface area is 293 Å². The van der Waals surface area contributed by atoms with Crippen molar-refractivity contribution >= 4 is 11.9 Å². The molecule has 2 atom stereocenters. The fourth-order valence-corrected chi connectivity index (χ4v) is 5.23. The van der Waals surface area contributed by atoms with Crippen molar-refractivity contribution in [2.45, 2.75) is 37.9 Å². The Morgan fingerprint density at radius 2 is 0.980 bits per heavy atom. The molecule has 2 unspecified atom stereocenters. The van der Waals surface area contributed by atoms with Crippen LogP contribution in [0.3, 0.4) is 0 Å². The van der Waals surface area contributed by atoms with E-state index in [1.165, 1.54) is 11.1 Å². The van der Waals surface area contributed by atoms with E-state index in [2.05, 4.69) is 34.9 Å². The van der Waals surface area contributed by atoms with Gasteiger partial charge in [-0.1, -0.05) is 72.8 Å². The summed E-state index contributed by atoms with van der Waals surface area (Å²) in [5.74, 6) is 0.532. The molecule has 2 fully saturated rings. The lowest BCUT2D eigenvalue weighted by molar-refractivity contribution is -0.301. The predicted molar refractivity (Wildman–Crippen MR) is 187 cm³/mol. The van der Waals surface area contributed by atoms with Gasteiger partial charge in [0, 0.05) is 26.2 Å². The number of carboxylic acid groups (broad SMARTS) is 2. The van der Waals surface area contributed by atoms with Crippen LogP contribution in [0.4, 0.5) is 0 Å². The minimum absolute atomic E-state index is 0.309. The molecule has 2 aliphatic heterocycles. The molecule has 2 heterocycles. The zero-order valence-electron chi connectivity index (χ0n) is 28.0. The Hall–Kier alpha value is -5.00. The second-order valence-electron chi connectivity index (χ2n) is 11.5. The van der Waals surface area contributed by atoms with Crippen LogP contribution < -0.4 is 30.3 Å². The molecule has 10 nitrogen and oxygen atoms in total. The third-order valence-corrected chi connectivity index (χ3v) is 7.72. The summed E-state index contributed by atoms with van der Waals surface area (Å²) in [4.78, 5) is 18.8. The number of para-hydroxylation sites is 4. The molecule has 0 amide bonds. The molecule has 0 spiro atoms. The molecule has 2 N–H and O–H groups in total. The van der Waals surface area contributed by atoms with Crippen molar-refractivity contribution in [3.05, 3.63) is 132 Å². The summed E-state index contributed by atoms with van der Waals surface area (Å²) in [6.45, 7) is 5.44. The molecule has 2 aliphatic rings. The Morgan fingerprint density at radius 1 is 0.600 bits per heavy atom. The number of carbonyl (C=O) groups excluding carboxylic acids is 2. The Kier molecular flexibility index (Phi) is 16.5. The molecule has 0 bridgehead atoms. The fourth-order valence-electron chi connectivity index (χ4n) is 5.23. The first-order valence-electron chi connectivity index (χ1n) is 16.8. The predicted octanol–water partition coefficient (Wildman–Crippen LogP) is 3.84. The third kappa shape index (κ3) is 14.6. The van der Waals surface area contributed by atoms with Crippen LogP contribution in [-0.2, 0) is 31.9 Å². The lowest BCUT2D eigenvalue weighted by Crippen LogP contribution is -2.38. The summed E-state index contributed by atoms with van der Waals surface area (Å²) in [6.07, 6.45) is 5.35. The van der Waals surface area contributed by atoms with Gasteiger partial charge in [0.25, 0.3) is 0 Å². The topological polar surface area (TPSA) is 141 Å². The van der Waals surface area contributed by atoms with Gasteiger partial charge in [-0.05, 0) is 85.4 Å². The highest BCUT2D eigenvalue weighted by Crippen LogP contribution is 2.28. The molecule has 4 aromatic carbocycles. The number of aliphatic carboxylic acids is 2. The van der Waals surface area contributed by atoms with Crippen molar-refractivity contribution in [3.8, 4) is 23.0 Å². The standard InChI is InChI=1S/2C18H21NO2.C4H4O4/c2*1-2-7-16(8-3-1)21-18-9-5-4-6-15(18)10-11-17-14-19-12-13-20-17;5-3(6)1-2-4(7)8/h2*1-9,17,19H,10-14H2;1-2H,(H,5,6)(H,7,8)/p-2/b;;2-1-. The molecule has 0 radical (unpaired) electrons. The van der Waals surface area contributed by atoms with Crippen molar-refractivity contribution in [1.29, 1.82) is 0 Å². The van der Waals surface area contributed by atoms with E-state index < -0.39 is 11.9 Å². The van der Waals surface area contributed by atoms with Gasteiger partial charge < -0.3 is 49.4 Å². The van der Waals surface area contributed by atoms with E-state index in [0.717, 1.165) is 88.1 Å². The first-order chi connectivity index (χ1) is 24.5.